The van der Waals surface area contributed by atoms with Gasteiger partial charge in [-0.15, -0.1) is 0 Å². The molecule has 0 saturated heterocycles. The Bertz CT molecular complexity index is 1040. The predicted molar refractivity (Wildman–Crippen MR) is 87.5 cm³/mol. The third kappa shape index (κ3) is 1.26. The zero-order valence-electron chi connectivity index (χ0n) is 11.3. The van der Waals surface area contributed by atoms with E-state index in [1.807, 2.05) is 18.2 Å². The van der Waals surface area contributed by atoms with Crippen molar-refractivity contribution >= 4 is 21.5 Å². The van der Waals surface area contributed by atoms with Gasteiger partial charge in [0, 0.05) is 10.8 Å². The van der Waals surface area contributed by atoms with Gasteiger partial charge in [-0.2, -0.15) is 0 Å². The van der Waals surface area contributed by atoms with Crippen LogP contribution in [0.5, 0.6) is 5.75 Å². The van der Waals surface area contributed by atoms with Crippen LogP contribution in [-0.2, 0) is 0 Å². The van der Waals surface area contributed by atoms with Crippen molar-refractivity contribution in [3.05, 3.63) is 66.7 Å². The van der Waals surface area contributed by atoms with Crippen LogP contribution in [0.2, 0.25) is 0 Å². The quantitative estimate of drug-likeness (QED) is 0.401. The molecule has 0 amide bonds. The molecule has 1 heteroatoms. The summed E-state index contributed by atoms with van der Waals surface area (Å²) in [5.74, 6) is 0.354. The fraction of sp³-hybridized carbons (Fsp3) is 0. The summed E-state index contributed by atoms with van der Waals surface area (Å²) in [7, 11) is 0. The Morgan fingerprint density at radius 2 is 1.38 bits per heavy atom. The maximum Gasteiger partial charge on any atom is 0.123 e. The number of hydrogen-bond acceptors (Lipinski definition) is 1. The highest BCUT2D eigenvalue weighted by Gasteiger charge is 2.23. The SMILES string of the molecule is Oc1ccc2c3c(cccc13)-c1ccc3ccccc3c1-2. The molecule has 0 radical (unpaired) electrons. The Balaban J connectivity index is 2.07. The summed E-state index contributed by atoms with van der Waals surface area (Å²) in [5.41, 5.74) is 5.00. The topological polar surface area (TPSA) is 20.2 Å². The van der Waals surface area contributed by atoms with Gasteiger partial charge in [-0.3, -0.25) is 0 Å². The van der Waals surface area contributed by atoms with E-state index in [9.17, 15) is 5.11 Å². The van der Waals surface area contributed by atoms with Crippen molar-refractivity contribution in [1.29, 1.82) is 0 Å². The van der Waals surface area contributed by atoms with E-state index in [0.717, 1.165) is 5.39 Å². The van der Waals surface area contributed by atoms with Crippen LogP contribution in [-0.4, -0.2) is 5.11 Å². The van der Waals surface area contributed by atoms with Crippen molar-refractivity contribution in [2.24, 2.45) is 0 Å². The summed E-state index contributed by atoms with van der Waals surface area (Å²) in [5, 5.41) is 14.8. The van der Waals surface area contributed by atoms with Crippen LogP contribution in [0.25, 0.3) is 43.8 Å². The van der Waals surface area contributed by atoms with Crippen molar-refractivity contribution in [2.75, 3.05) is 0 Å². The molecule has 1 aliphatic rings. The highest BCUT2D eigenvalue weighted by molar-refractivity contribution is 6.22. The molecule has 0 aromatic heterocycles. The lowest BCUT2D eigenvalue weighted by atomic mass is 9.97. The normalized spacial score (nSPS) is 12.0. The lowest BCUT2D eigenvalue weighted by molar-refractivity contribution is 0.482. The molecule has 4 aromatic rings. The fourth-order valence-corrected chi connectivity index (χ4v) is 3.61. The molecule has 1 N–H and O–H groups in total. The van der Waals surface area contributed by atoms with Gasteiger partial charge >= 0.3 is 0 Å². The van der Waals surface area contributed by atoms with Gasteiger partial charge in [0.1, 0.15) is 5.75 Å². The lowest BCUT2D eigenvalue weighted by Crippen LogP contribution is -1.80. The first kappa shape index (κ1) is 10.9. The smallest absolute Gasteiger partial charge is 0.123 e. The van der Waals surface area contributed by atoms with Gasteiger partial charge in [0.05, 0.1) is 0 Å². The Morgan fingerprint density at radius 3 is 2.33 bits per heavy atom. The molecule has 0 saturated carbocycles. The molecular formula is C20H12O. The summed E-state index contributed by atoms with van der Waals surface area (Å²) in [6.07, 6.45) is 0. The van der Waals surface area contributed by atoms with Crippen LogP contribution >= 0.6 is 0 Å². The molecule has 0 fully saturated rings. The van der Waals surface area contributed by atoms with E-state index in [2.05, 4.69) is 42.5 Å². The first-order valence-electron chi connectivity index (χ1n) is 7.12. The van der Waals surface area contributed by atoms with Gasteiger partial charge in [-0.25, -0.2) is 0 Å². The molecular weight excluding hydrogens is 256 g/mol. The number of hydrogen-bond donors (Lipinski definition) is 1. The van der Waals surface area contributed by atoms with Gasteiger partial charge < -0.3 is 5.11 Å². The summed E-state index contributed by atoms with van der Waals surface area (Å²) < 4.78 is 0. The molecule has 5 rings (SSSR count). The maximum absolute atomic E-state index is 10.1. The number of rotatable bonds is 0. The second kappa shape index (κ2) is 3.64. The zero-order chi connectivity index (χ0) is 14.0. The third-order valence-electron chi connectivity index (χ3n) is 4.51. The standard InChI is InChI=1S/C20H12O/c21-18-11-10-17-19-13-5-2-1-4-12(13)8-9-15(19)14-6-3-7-16(18)20(14)17/h1-11,21H. The lowest BCUT2D eigenvalue weighted by Gasteiger charge is -2.07. The molecule has 21 heavy (non-hydrogen) atoms. The molecule has 4 aromatic carbocycles. The maximum atomic E-state index is 10.1. The Hall–Kier alpha value is -2.80. The van der Waals surface area contributed by atoms with E-state index in [0.29, 0.717) is 5.75 Å². The number of benzene rings is 4. The molecule has 0 aliphatic heterocycles. The number of aromatic hydroxyl groups is 1. The van der Waals surface area contributed by atoms with Crippen LogP contribution in [0, 0.1) is 0 Å². The van der Waals surface area contributed by atoms with Crippen molar-refractivity contribution in [3.63, 3.8) is 0 Å². The van der Waals surface area contributed by atoms with Crippen LogP contribution in [0.3, 0.4) is 0 Å². The average Bonchev–Trinajstić information content (AvgIpc) is 2.87. The zero-order valence-corrected chi connectivity index (χ0v) is 11.3. The number of phenolic OH excluding ortho intramolecular Hbond substituents is 1. The highest BCUT2D eigenvalue weighted by Crippen LogP contribution is 2.51. The van der Waals surface area contributed by atoms with E-state index in [1.165, 1.54) is 38.4 Å². The molecule has 1 nitrogen and oxygen atoms in total. The summed E-state index contributed by atoms with van der Waals surface area (Å²) >= 11 is 0. The predicted octanol–water partition coefficient (Wildman–Crippen LogP) is 5.35. The van der Waals surface area contributed by atoms with Crippen molar-refractivity contribution < 1.29 is 5.11 Å². The molecule has 0 atom stereocenters. The van der Waals surface area contributed by atoms with E-state index in [4.69, 9.17) is 0 Å². The molecule has 0 heterocycles. The summed E-state index contributed by atoms with van der Waals surface area (Å²) in [6.45, 7) is 0. The van der Waals surface area contributed by atoms with Crippen molar-refractivity contribution in [2.45, 2.75) is 0 Å². The largest absolute Gasteiger partial charge is 0.507 e. The molecule has 98 valence electrons. The Morgan fingerprint density at radius 1 is 0.571 bits per heavy atom. The number of phenols is 1. The second-order valence-electron chi connectivity index (χ2n) is 5.57. The van der Waals surface area contributed by atoms with Gasteiger partial charge in [0.25, 0.3) is 0 Å². The van der Waals surface area contributed by atoms with E-state index >= 15 is 0 Å². The first-order chi connectivity index (χ1) is 10.3. The van der Waals surface area contributed by atoms with E-state index < -0.39 is 0 Å². The van der Waals surface area contributed by atoms with Crippen molar-refractivity contribution in [3.8, 4) is 28.0 Å². The summed E-state index contributed by atoms with van der Waals surface area (Å²) in [6, 6.07) is 22.9. The van der Waals surface area contributed by atoms with Crippen LogP contribution in [0.4, 0.5) is 0 Å². The van der Waals surface area contributed by atoms with Crippen LogP contribution in [0.15, 0.2) is 66.7 Å². The van der Waals surface area contributed by atoms with Crippen LogP contribution in [0.1, 0.15) is 0 Å². The van der Waals surface area contributed by atoms with Gasteiger partial charge in [-0.05, 0) is 45.2 Å². The monoisotopic (exact) mass is 268 g/mol. The fourth-order valence-electron chi connectivity index (χ4n) is 3.61. The van der Waals surface area contributed by atoms with Gasteiger partial charge in [0.15, 0.2) is 0 Å². The van der Waals surface area contributed by atoms with Crippen LogP contribution < -0.4 is 0 Å². The minimum Gasteiger partial charge on any atom is -0.507 e. The minimum atomic E-state index is 0.354. The Kier molecular flexibility index (Phi) is 1.90. The third-order valence-corrected chi connectivity index (χ3v) is 4.51. The summed E-state index contributed by atoms with van der Waals surface area (Å²) in [4.78, 5) is 0. The van der Waals surface area contributed by atoms with Gasteiger partial charge in [0.2, 0.25) is 0 Å². The average molecular weight is 268 g/mol. The molecule has 0 unspecified atom stereocenters. The van der Waals surface area contributed by atoms with Crippen molar-refractivity contribution in [1.82, 2.24) is 0 Å². The molecule has 0 bridgehead atoms. The van der Waals surface area contributed by atoms with E-state index in [-0.39, 0.29) is 0 Å². The Labute approximate surface area is 122 Å². The first-order valence-corrected chi connectivity index (χ1v) is 7.12. The molecule has 0 spiro atoms. The second-order valence-corrected chi connectivity index (χ2v) is 5.57. The highest BCUT2D eigenvalue weighted by atomic mass is 16.3. The number of fused-ring (bicyclic) bond motifs is 5. The van der Waals surface area contributed by atoms with Gasteiger partial charge in [-0.1, -0.05) is 54.6 Å². The molecule has 1 aliphatic carbocycles. The minimum absolute atomic E-state index is 0.354. The van der Waals surface area contributed by atoms with E-state index in [1.54, 1.807) is 6.07 Å².